The highest BCUT2D eigenvalue weighted by atomic mass is 14.8. The third-order valence-electron chi connectivity index (χ3n) is 8.86. The van der Waals surface area contributed by atoms with Gasteiger partial charge in [-0.25, -0.2) is 19.9 Å². The Morgan fingerprint density at radius 2 is 0.688 bits per heavy atom. The summed E-state index contributed by atoms with van der Waals surface area (Å²) in [6.45, 7) is 0. The van der Waals surface area contributed by atoms with Crippen LogP contribution in [0.15, 0.2) is 170 Å². The van der Waals surface area contributed by atoms with Crippen molar-refractivity contribution in [2.24, 2.45) is 0 Å². The monoisotopic (exact) mass is 612 g/mol. The lowest BCUT2D eigenvalue weighted by Gasteiger charge is -2.12. The quantitative estimate of drug-likeness (QED) is 0.181. The van der Waals surface area contributed by atoms with Crippen molar-refractivity contribution in [3.8, 4) is 56.2 Å². The fraction of sp³-hybridized carbons (Fsp3) is 0. The zero-order valence-corrected chi connectivity index (χ0v) is 26.0. The molecule has 3 heterocycles. The molecule has 0 aliphatic rings. The predicted molar refractivity (Wildman–Crippen MR) is 197 cm³/mol. The van der Waals surface area contributed by atoms with Crippen LogP contribution in [-0.4, -0.2) is 19.9 Å². The molecular formula is C44H28N4. The van der Waals surface area contributed by atoms with E-state index < -0.39 is 0 Å². The minimum absolute atomic E-state index is 0.820. The lowest BCUT2D eigenvalue weighted by atomic mass is 9.99. The summed E-state index contributed by atoms with van der Waals surface area (Å²) >= 11 is 0. The third-order valence-corrected chi connectivity index (χ3v) is 8.86. The molecular weight excluding hydrogens is 585 g/mol. The average molecular weight is 613 g/mol. The van der Waals surface area contributed by atoms with Gasteiger partial charge < -0.3 is 0 Å². The molecule has 0 unspecified atom stereocenters. The maximum Gasteiger partial charge on any atom is 0.0973 e. The van der Waals surface area contributed by atoms with Gasteiger partial charge in [-0.15, -0.1) is 0 Å². The van der Waals surface area contributed by atoms with Crippen LogP contribution in [0, 0.1) is 0 Å². The van der Waals surface area contributed by atoms with E-state index in [9.17, 15) is 0 Å². The van der Waals surface area contributed by atoms with Crippen molar-refractivity contribution >= 4 is 32.8 Å². The standard InChI is InChI=1S/C44H28N4/c1-4-10-29(11-5-1)30-16-18-33(19-17-30)44-41(32-14-8-3-9-15-32)48-40-28-36(24-27-39(40)47-44)38-26-23-35-21-20-34-22-25-37(31-12-6-2-7-13-31)45-42(34)43(35)46-38/h1-28H. The molecule has 0 fully saturated rings. The first kappa shape index (κ1) is 27.8. The van der Waals surface area contributed by atoms with Gasteiger partial charge in [-0.1, -0.05) is 146 Å². The first-order valence-corrected chi connectivity index (χ1v) is 16.1. The number of rotatable bonds is 5. The number of benzene rings is 6. The highest BCUT2D eigenvalue weighted by Gasteiger charge is 2.15. The number of fused-ring (bicyclic) bond motifs is 4. The van der Waals surface area contributed by atoms with Gasteiger partial charge in [0.25, 0.3) is 0 Å². The van der Waals surface area contributed by atoms with Gasteiger partial charge in [0.1, 0.15) is 0 Å². The van der Waals surface area contributed by atoms with Crippen molar-refractivity contribution in [3.63, 3.8) is 0 Å². The van der Waals surface area contributed by atoms with E-state index >= 15 is 0 Å². The highest BCUT2D eigenvalue weighted by molar-refractivity contribution is 6.04. The van der Waals surface area contributed by atoms with Gasteiger partial charge in [0.2, 0.25) is 0 Å². The molecule has 0 spiro atoms. The third kappa shape index (κ3) is 5.06. The van der Waals surface area contributed by atoms with Crippen LogP contribution in [0.25, 0.3) is 89.0 Å². The van der Waals surface area contributed by atoms with E-state index in [0.29, 0.717) is 0 Å². The largest absolute Gasteiger partial charge is 0.245 e. The van der Waals surface area contributed by atoms with E-state index in [4.69, 9.17) is 19.9 Å². The highest BCUT2D eigenvalue weighted by Crippen LogP contribution is 2.34. The maximum absolute atomic E-state index is 5.24. The van der Waals surface area contributed by atoms with Gasteiger partial charge in [-0.2, -0.15) is 0 Å². The molecule has 4 heteroatoms. The van der Waals surface area contributed by atoms with Crippen LogP contribution in [0.1, 0.15) is 0 Å². The Labute approximate surface area is 278 Å². The zero-order chi connectivity index (χ0) is 31.9. The number of nitrogens with zero attached hydrogens (tertiary/aromatic N) is 4. The minimum atomic E-state index is 0.820. The molecule has 4 nitrogen and oxygen atoms in total. The van der Waals surface area contributed by atoms with E-state index in [1.165, 1.54) is 11.1 Å². The van der Waals surface area contributed by atoms with Crippen LogP contribution in [0.3, 0.4) is 0 Å². The second-order valence-corrected chi connectivity index (χ2v) is 11.9. The fourth-order valence-corrected chi connectivity index (χ4v) is 6.36. The first-order valence-electron chi connectivity index (χ1n) is 16.1. The number of hydrogen-bond donors (Lipinski definition) is 0. The second kappa shape index (κ2) is 11.7. The molecule has 6 aromatic carbocycles. The van der Waals surface area contributed by atoms with Gasteiger partial charge in [-0.05, 0) is 35.4 Å². The Balaban J connectivity index is 1.16. The Hall–Kier alpha value is -6.52. The van der Waals surface area contributed by atoms with Gasteiger partial charge in [0.15, 0.2) is 0 Å². The molecule has 9 aromatic rings. The van der Waals surface area contributed by atoms with E-state index in [1.54, 1.807) is 0 Å². The average Bonchev–Trinajstić information content (AvgIpc) is 3.18. The number of hydrogen-bond acceptors (Lipinski definition) is 4. The topological polar surface area (TPSA) is 51.6 Å². The van der Waals surface area contributed by atoms with Crippen LogP contribution < -0.4 is 0 Å². The van der Waals surface area contributed by atoms with Crippen LogP contribution >= 0.6 is 0 Å². The van der Waals surface area contributed by atoms with Crippen molar-refractivity contribution in [2.75, 3.05) is 0 Å². The summed E-state index contributed by atoms with van der Waals surface area (Å²) in [7, 11) is 0. The minimum Gasteiger partial charge on any atom is -0.245 e. The van der Waals surface area contributed by atoms with Crippen molar-refractivity contribution < 1.29 is 0 Å². The fourth-order valence-electron chi connectivity index (χ4n) is 6.36. The molecule has 0 N–H and O–H groups in total. The van der Waals surface area contributed by atoms with E-state index in [-0.39, 0.29) is 0 Å². The van der Waals surface area contributed by atoms with E-state index in [0.717, 1.165) is 77.9 Å². The van der Waals surface area contributed by atoms with E-state index in [2.05, 4.69) is 127 Å². The van der Waals surface area contributed by atoms with Crippen LogP contribution in [0.5, 0.6) is 0 Å². The predicted octanol–water partition coefficient (Wildman–Crippen LogP) is 11.1. The summed E-state index contributed by atoms with van der Waals surface area (Å²) in [5.74, 6) is 0. The Morgan fingerprint density at radius 1 is 0.271 bits per heavy atom. The normalized spacial score (nSPS) is 11.3. The molecule has 0 radical (unpaired) electrons. The molecule has 0 saturated carbocycles. The Kier molecular flexibility index (Phi) is 6.76. The molecule has 0 saturated heterocycles. The van der Waals surface area contributed by atoms with Crippen LogP contribution in [0.4, 0.5) is 0 Å². The molecule has 48 heavy (non-hydrogen) atoms. The Bertz CT molecular complexity index is 2580. The van der Waals surface area contributed by atoms with Crippen molar-refractivity contribution in [2.45, 2.75) is 0 Å². The molecule has 9 rings (SSSR count). The summed E-state index contributed by atoms with van der Waals surface area (Å²) in [6, 6.07) is 58.4. The van der Waals surface area contributed by atoms with E-state index in [1.807, 2.05) is 42.5 Å². The van der Waals surface area contributed by atoms with Gasteiger partial charge in [0, 0.05) is 33.0 Å². The Morgan fingerprint density at radius 3 is 1.29 bits per heavy atom. The summed E-state index contributed by atoms with van der Waals surface area (Å²) < 4.78 is 0. The van der Waals surface area contributed by atoms with Crippen molar-refractivity contribution in [1.82, 2.24) is 19.9 Å². The number of aromatic nitrogens is 4. The van der Waals surface area contributed by atoms with Crippen molar-refractivity contribution in [3.05, 3.63) is 170 Å². The summed E-state index contributed by atoms with van der Waals surface area (Å²) in [6.07, 6.45) is 0. The molecule has 0 aliphatic carbocycles. The summed E-state index contributed by atoms with van der Waals surface area (Å²) in [5.41, 5.74) is 13.4. The lowest BCUT2D eigenvalue weighted by Crippen LogP contribution is -1.96. The maximum atomic E-state index is 5.24. The second-order valence-electron chi connectivity index (χ2n) is 11.9. The lowest BCUT2D eigenvalue weighted by molar-refractivity contribution is 1.29. The SMILES string of the molecule is c1ccc(-c2ccc(-c3nc4ccc(-c5ccc6ccc7ccc(-c8ccccc8)nc7c6n5)cc4nc3-c3ccccc3)cc2)cc1. The molecule has 0 atom stereocenters. The van der Waals surface area contributed by atoms with Gasteiger partial charge >= 0.3 is 0 Å². The summed E-state index contributed by atoms with van der Waals surface area (Å²) in [4.78, 5) is 20.7. The van der Waals surface area contributed by atoms with Crippen molar-refractivity contribution in [1.29, 1.82) is 0 Å². The molecule has 3 aromatic heterocycles. The molecule has 0 bridgehead atoms. The summed E-state index contributed by atoms with van der Waals surface area (Å²) in [5, 5.41) is 2.12. The number of pyridine rings is 2. The molecule has 0 amide bonds. The van der Waals surface area contributed by atoms with Gasteiger partial charge in [0.05, 0.1) is 44.8 Å². The first-order chi connectivity index (χ1) is 23.8. The van der Waals surface area contributed by atoms with Crippen LogP contribution in [-0.2, 0) is 0 Å². The van der Waals surface area contributed by atoms with Gasteiger partial charge in [-0.3, -0.25) is 0 Å². The zero-order valence-electron chi connectivity index (χ0n) is 26.0. The van der Waals surface area contributed by atoms with Crippen LogP contribution in [0.2, 0.25) is 0 Å². The molecule has 0 aliphatic heterocycles. The molecule has 224 valence electrons. The smallest absolute Gasteiger partial charge is 0.0973 e.